The number of hydrogen-bond acceptors (Lipinski definition) is 4. The van der Waals surface area contributed by atoms with Crippen molar-refractivity contribution in [2.45, 2.75) is 38.6 Å². The number of nitrogens with one attached hydrogen (secondary N) is 2. The lowest BCUT2D eigenvalue weighted by molar-refractivity contribution is 0.570. The zero-order valence-electron chi connectivity index (χ0n) is 12.8. The first-order chi connectivity index (χ1) is 9.31. The molecule has 0 aromatic heterocycles. The zero-order valence-corrected chi connectivity index (χ0v) is 14.4. The van der Waals surface area contributed by atoms with Gasteiger partial charge < -0.3 is 5.32 Å². The first-order valence-corrected chi connectivity index (χ1v) is 9.34. The number of sulfonamides is 1. The monoisotopic (exact) mass is 316 g/mol. The van der Waals surface area contributed by atoms with Crippen LogP contribution < -0.4 is 10.0 Å². The molecule has 0 aliphatic carbocycles. The third-order valence-electron chi connectivity index (χ3n) is 2.95. The van der Waals surface area contributed by atoms with Crippen LogP contribution in [0.5, 0.6) is 0 Å². The Balaban J connectivity index is 3.04. The van der Waals surface area contributed by atoms with Gasteiger partial charge in [-0.3, -0.25) is 0 Å². The van der Waals surface area contributed by atoms with Gasteiger partial charge in [0.25, 0.3) is 0 Å². The van der Waals surface area contributed by atoms with Gasteiger partial charge in [0.05, 0.1) is 4.90 Å². The summed E-state index contributed by atoms with van der Waals surface area (Å²) in [5.74, 6) is 1.77. The second kappa shape index (κ2) is 7.33. The average molecular weight is 316 g/mol. The summed E-state index contributed by atoms with van der Waals surface area (Å²) < 4.78 is 27.8. The van der Waals surface area contributed by atoms with Crippen LogP contribution in [0.25, 0.3) is 0 Å². The van der Waals surface area contributed by atoms with E-state index < -0.39 is 10.0 Å². The molecule has 20 heavy (non-hydrogen) atoms. The van der Waals surface area contributed by atoms with E-state index in [4.69, 9.17) is 0 Å². The highest BCUT2D eigenvalue weighted by atomic mass is 32.2. The third-order valence-corrected chi connectivity index (χ3v) is 5.98. The highest BCUT2D eigenvalue weighted by molar-refractivity contribution is 7.99. The summed E-state index contributed by atoms with van der Waals surface area (Å²) in [6.45, 7) is 7.62. The van der Waals surface area contributed by atoms with Gasteiger partial charge in [-0.05, 0) is 49.8 Å². The van der Waals surface area contributed by atoms with Crippen LogP contribution >= 0.6 is 11.8 Å². The van der Waals surface area contributed by atoms with Crippen molar-refractivity contribution in [3.63, 3.8) is 0 Å². The Bertz CT molecular complexity index is 533. The molecule has 0 aliphatic heterocycles. The van der Waals surface area contributed by atoms with E-state index in [-0.39, 0.29) is 6.04 Å². The smallest absolute Gasteiger partial charge is 0.241 e. The summed E-state index contributed by atoms with van der Waals surface area (Å²) in [5, 5.41) is 3.04. The lowest BCUT2D eigenvalue weighted by Crippen LogP contribution is -2.35. The molecule has 1 atom stereocenters. The Kier molecular flexibility index (Phi) is 6.36. The van der Waals surface area contributed by atoms with Crippen molar-refractivity contribution in [3.05, 3.63) is 23.3 Å². The molecule has 0 spiro atoms. The summed E-state index contributed by atoms with van der Waals surface area (Å²) in [5.41, 5.74) is 2.45. The van der Waals surface area contributed by atoms with Crippen molar-refractivity contribution in [2.75, 3.05) is 23.9 Å². The van der Waals surface area contributed by atoms with Crippen LogP contribution in [0.1, 0.15) is 25.0 Å². The maximum Gasteiger partial charge on any atom is 0.241 e. The molecule has 0 saturated carbocycles. The van der Waals surface area contributed by atoms with Gasteiger partial charge in [0.1, 0.15) is 0 Å². The molecule has 1 rings (SSSR count). The molecule has 2 N–H and O–H groups in total. The van der Waals surface area contributed by atoms with Gasteiger partial charge in [-0.2, -0.15) is 11.8 Å². The van der Waals surface area contributed by atoms with Gasteiger partial charge in [-0.1, -0.05) is 6.92 Å². The lowest BCUT2D eigenvalue weighted by Gasteiger charge is -2.17. The minimum absolute atomic E-state index is 0.0762. The Morgan fingerprint density at radius 2 is 1.80 bits per heavy atom. The standard InChI is InChI=1S/C14H24N2O2S2/c1-6-19-9-12(4)16-20(17,18)14-10(2)7-13(15-5)8-11(14)3/h7-8,12,15-16H,6,9H2,1-5H3. The topological polar surface area (TPSA) is 58.2 Å². The van der Waals surface area contributed by atoms with Crippen LogP contribution in [0.15, 0.2) is 17.0 Å². The first kappa shape index (κ1) is 17.3. The van der Waals surface area contributed by atoms with Gasteiger partial charge in [-0.25, -0.2) is 13.1 Å². The predicted molar refractivity (Wildman–Crippen MR) is 88.2 cm³/mol. The maximum absolute atomic E-state index is 12.5. The fourth-order valence-corrected chi connectivity index (χ4v) is 4.65. The minimum Gasteiger partial charge on any atom is -0.388 e. The van der Waals surface area contributed by atoms with E-state index in [1.807, 2.05) is 40.0 Å². The molecule has 4 nitrogen and oxygen atoms in total. The Labute approximate surface area is 126 Å². The van der Waals surface area contributed by atoms with E-state index in [1.165, 1.54) is 0 Å². The molecule has 1 aromatic carbocycles. The van der Waals surface area contributed by atoms with E-state index in [0.29, 0.717) is 4.90 Å². The van der Waals surface area contributed by atoms with Crippen LogP contribution in [0.2, 0.25) is 0 Å². The summed E-state index contributed by atoms with van der Waals surface area (Å²) in [4.78, 5) is 0.393. The van der Waals surface area contributed by atoms with Crippen LogP contribution in [0.4, 0.5) is 5.69 Å². The summed E-state index contributed by atoms with van der Waals surface area (Å²) in [7, 11) is -1.64. The molecule has 1 aromatic rings. The molecular formula is C14H24N2O2S2. The summed E-state index contributed by atoms with van der Waals surface area (Å²) in [6, 6.07) is 3.63. The van der Waals surface area contributed by atoms with Gasteiger partial charge in [0.15, 0.2) is 0 Å². The summed E-state index contributed by atoms with van der Waals surface area (Å²) in [6.07, 6.45) is 0. The zero-order chi connectivity index (χ0) is 15.3. The van der Waals surface area contributed by atoms with Crippen LogP contribution in [-0.4, -0.2) is 33.0 Å². The van der Waals surface area contributed by atoms with Crippen molar-refractivity contribution in [3.8, 4) is 0 Å². The van der Waals surface area contributed by atoms with E-state index in [9.17, 15) is 8.42 Å². The van der Waals surface area contributed by atoms with Gasteiger partial charge in [0.2, 0.25) is 10.0 Å². The van der Waals surface area contributed by atoms with Crippen LogP contribution in [0, 0.1) is 13.8 Å². The van der Waals surface area contributed by atoms with E-state index in [2.05, 4.69) is 17.0 Å². The molecule has 0 saturated heterocycles. The van der Waals surface area contributed by atoms with Crippen LogP contribution in [0.3, 0.4) is 0 Å². The number of aryl methyl sites for hydroxylation is 2. The fourth-order valence-electron chi connectivity index (χ4n) is 2.17. The second-order valence-corrected chi connectivity index (χ2v) is 7.84. The summed E-state index contributed by atoms with van der Waals surface area (Å²) >= 11 is 1.73. The molecule has 0 heterocycles. The minimum atomic E-state index is -3.47. The normalized spacial score (nSPS) is 13.2. The molecular weight excluding hydrogens is 292 g/mol. The Morgan fingerprint density at radius 3 is 2.25 bits per heavy atom. The third kappa shape index (κ3) is 4.40. The average Bonchev–Trinajstić information content (AvgIpc) is 2.34. The highest BCUT2D eigenvalue weighted by Gasteiger charge is 2.22. The van der Waals surface area contributed by atoms with Crippen molar-refractivity contribution in [1.29, 1.82) is 0 Å². The lowest BCUT2D eigenvalue weighted by atomic mass is 10.1. The number of anilines is 1. The Morgan fingerprint density at radius 1 is 1.25 bits per heavy atom. The van der Waals surface area contributed by atoms with E-state index in [0.717, 1.165) is 28.3 Å². The molecule has 0 bridgehead atoms. The quantitative estimate of drug-likeness (QED) is 0.812. The van der Waals surface area contributed by atoms with Gasteiger partial charge in [-0.15, -0.1) is 0 Å². The van der Waals surface area contributed by atoms with E-state index in [1.54, 1.807) is 11.8 Å². The second-order valence-electron chi connectivity index (χ2n) is 4.87. The first-order valence-electron chi connectivity index (χ1n) is 6.71. The number of thioether (sulfide) groups is 1. The molecule has 0 aliphatic rings. The number of rotatable bonds is 7. The van der Waals surface area contributed by atoms with Crippen molar-refractivity contribution in [1.82, 2.24) is 4.72 Å². The molecule has 114 valence electrons. The number of hydrogen-bond donors (Lipinski definition) is 2. The van der Waals surface area contributed by atoms with Crippen molar-refractivity contribution < 1.29 is 8.42 Å². The maximum atomic E-state index is 12.5. The molecule has 6 heteroatoms. The van der Waals surface area contributed by atoms with E-state index >= 15 is 0 Å². The fraction of sp³-hybridized carbons (Fsp3) is 0.571. The molecule has 0 radical (unpaired) electrons. The SMILES string of the molecule is CCSCC(C)NS(=O)(=O)c1c(C)cc(NC)cc1C. The Hall–Kier alpha value is -0.720. The molecule has 0 fully saturated rings. The van der Waals surface area contributed by atoms with Crippen molar-refractivity contribution >= 4 is 27.5 Å². The van der Waals surface area contributed by atoms with Gasteiger partial charge in [0, 0.05) is 24.5 Å². The number of benzene rings is 1. The van der Waals surface area contributed by atoms with Crippen molar-refractivity contribution in [2.24, 2.45) is 0 Å². The van der Waals surface area contributed by atoms with Crippen LogP contribution in [-0.2, 0) is 10.0 Å². The predicted octanol–water partition coefficient (Wildman–Crippen LogP) is 2.77. The molecule has 0 amide bonds. The van der Waals surface area contributed by atoms with Gasteiger partial charge >= 0.3 is 0 Å². The molecule has 1 unspecified atom stereocenters. The highest BCUT2D eigenvalue weighted by Crippen LogP contribution is 2.24. The largest absolute Gasteiger partial charge is 0.388 e.